The maximum absolute atomic E-state index is 12.4. The molecule has 0 aromatic carbocycles. The van der Waals surface area contributed by atoms with Crippen LogP contribution in [-0.4, -0.2) is 36.2 Å². The van der Waals surface area contributed by atoms with Gasteiger partial charge in [0.05, 0.1) is 13.1 Å². The number of amides is 1. The Morgan fingerprint density at radius 1 is 1.40 bits per heavy atom. The Labute approximate surface area is 57.8 Å². The highest BCUT2D eigenvalue weighted by atomic mass is 19.2. The summed E-state index contributed by atoms with van der Waals surface area (Å²) in [7, 11) is 0. The molecule has 58 valence electrons. The molecule has 2 atom stereocenters. The van der Waals surface area contributed by atoms with Crippen molar-refractivity contribution in [2.24, 2.45) is 0 Å². The zero-order valence-corrected chi connectivity index (χ0v) is 5.68. The number of nitrogens with zero attached hydrogens (tertiary/aromatic N) is 1. The highest BCUT2D eigenvalue weighted by Gasteiger charge is 2.33. The van der Waals surface area contributed by atoms with Crippen molar-refractivity contribution >= 4 is 5.91 Å². The highest BCUT2D eigenvalue weighted by molar-refractivity contribution is 5.73. The summed E-state index contributed by atoms with van der Waals surface area (Å²) in [5.41, 5.74) is 0. The summed E-state index contributed by atoms with van der Waals surface area (Å²) in [6.07, 6.45) is -2.97. The van der Waals surface area contributed by atoms with Crippen molar-refractivity contribution in [1.82, 2.24) is 4.90 Å². The fraction of sp³-hybridized carbons (Fsp3) is 0.833. The van der Waals surface area contributed by atoms with Crippen LogP contribution in [-0.2, 0) is 4.79 Å². The summed E-state index contributed by atoms with van der Waals surface area (Å²) in [6.45, 7) is 1.14. The van der Waals surface area contributed by atoms with Gasteiger partial charge in [0.2, 0.25) is 5.91 Å². The number of hydrogen-bond acceptors (Lipinski definition) is 1. The van der Waals surface area contributed by atoms with E-state index in [0.717, 1.165) is 0 Å². The van der Waals surface area contributed by atoms with Crippen molar-refractivity contribution < 1.29 is 13.6 Å². The molecule has 1 aliphatic rings. The average molecular weight is 149 g/mol. The van der Waals surface area contributed by atoms with Gasteiger partial charge in [-0.15, -0.1) is 0 Å². The van der Waals surface area contributed by atoms with Crippen molar-refractivity contribution in [2.75, 3.05) is 13.1 Å². The summed E-state index contributed by atoms with van der Waals surface area (Å²) >= 11 is 0. The van der Waals surface area contributed by atoms with E-state index in [9.17, 15) is 13.6 Å². The molecular weight excluding hydrogens is 140 g/mol. The van der Waals surface area contributed by atoms with Gasteiger partial charge in [-0.25, -0.2) is 8.78 Å². The molecule has 1 aliphatic heterocycles. The number of alkyl halides is 2. The van der Waals surface area contributed by atoms with E-state index in [4.69, 9.17) is 0 Å². The van der Waals surface area contributed by atoms with Gasteiger partial charge in [0.1, 0.15) is 0 Å². The van der Waals surface area contributed by atoms with E-state index in [0.29, 0.717) is 0 Å². The fourth-order valence-corrected chi connectivity index (χ4v) is 0.981. The van der Waals surface area contributed by atoms with Gasteiger partial charge in [-0.2, -0.15) is 0 Å². The minimum atomic E-state index is -1.48. The Morgan fingerprint density at radius 3 is 2.00 bits per heavy atom. The van der Waals surface area contributed by atoms with Crippen LogP contribution in [0.15, 0.2) is 0 Å². The van der Waals surface area contributed by atoms with Gasteiger partial charge < -0.3 is 4.90 Å². The minimum Gasteiger partial charge on any atom is -0.337 e. The average Bonchev–Trinajstić information content (AvgIpc) is 2.13. The van der Waals surface area contributed by atoms with Crippen molar-refractivity contribution in [3.63, 3.8) is 0 Å². The predicted octanol–water partition coefficient (Wildman–Crippen LogP) is 0.525. The molecule has 1 heterocycles. The SMILES string of the molecule is CC(=O)N1C[C@H](F)[C@@H](F)C1. The van der Waals surface area contributed by atoms with Gasteiger partial charge >= 0.3 is 0 Å². The van der Waals surface area contributed by atoms with Crippen LogP contribution in [0.5, 0.6) is 0 Å². The first-order chi connectivity index (χ1) is 4.61. The van der Waals surface area contributed by atoms with Crippen molar-refractivity contribution in [2.45, 2.75) is 19.3 Å². The van der Waals surface area contributed by atoms with Gasteiger partial charge in [0.25, 0.3) is 0 Å². The molecule has 0 spiro atoms. The van der Waals surface area contributed by atoms with E-state index in [2.05, 4.69) is 0 Å². The number of rotatable bonds is 0. The molecule has 1 rings (SSSR count). The monoisotopic (exact) mass is 149 g/mol. The molecule has 1 fully saturated rings. The Kier molecular flexibility index (Phi) is 1.87. The Balaban J connectivity index is 2.49. The normalized spacial score (nSPS) is 32.9. The maximum atomic E-state index is 12.4. The van der Waals surface area contributed by atoms with Crippen LogP contribution in [0, 0.1) is 0 Å². The summed E-state index contributed by atoms with van der Waals surface area (Å²) in [4.78, 5) is 11.7. The molecule has 0 aliphatic carbocycles. The van der Waals surface area contributed by atoms with Gasteiger partial charge in [-0.3, -0.25) is 4.79 Å². The lowest BCUT2D eigenvalue weighted by molar-refractivity contribution is -0.128. The van der Waals surface area contributed by atoms with E-state index in [1.54, 1.807) is 0 Å². The number of hydrogen-bond donors (Lipinski definition) is 0. The second kappa shape index (κ2) is 2.52. The molecule has 0 aromatic rings. The topological polar surface area (TPSA) is 20.3 Å². The first-order valence-electron chi connectivity index (χ1n) is 3.15. The van der Waals surface area contributed by atoms with Crippen LogP contribution in [0.4, 0.5) is 8.78 Å². The second-order valence-electron chi connectivity index (χ2n) is 2.46. The summed E-state index contributed by atoms with van der Waals surface area (Å²) < 4.78 is 24.7. The van der Waals surface area contributed by atoms with Gasteiger partial charge in [0, 0.05) is 6.92 Å². The number of carbonyl (C=O) groups is 1. The molecular formula is C6H9F2NO. The molecule has 0 bridgehead atoms. The van der Waals surface area contributed by atoms with E-state index >= 15 is 0 Å². The van der Waals surface area contributed by atoms with Crippen molar-refractivity contribution in [3.8, 4) is 0 Å². The van der Waals surface area contributed by atoms with Crippen molar-refractivity contribution in [3.05, 3.63) is 0 Å². The second-order valence-corrected chi connectivity index (χ2v) is 2.46. The highest BCUT2D eigenvalue weighted by Crippen LogP contribution is 2.15. The van der Waals surface area contributed by atoms with Crippen molar-refractivity contribution in [1.29, 1.82) is 0 Å². The van der Waals surface area contributed by atoms with Crippen LogP contribution >= 0.6 is 0 Å². The fourth-order valence-electron chi connectivity index (χ4n) is 0.981. The molecule has 0 saturated carbocycles. The predicted molar refractivity (Wildman–Crippen MR) is 32.0 cm³/mol. The zero-order chi connectivity index (χ0) is 7.72. The summed E-state index contributed by atoms with van der Waals surface area (Å²) in [5, 5.41) is 0. The molecule has 10 heavy (non-hydrogen) atoms. The third-order valence-corrected chi connectivity index (χ3v) is 1.63. The minimum absolute atomic E-state index is 0.0868. The van der Waals surface area contributed by atoms with Crippen LogP contribution in [0.25, 0.3) is 0 Å². The van der Waals surface area contributed by atoms with Crippen LogP contribution < -0.4 is 0 Å². The molecule has 1 amide bonds. The van der Waals surface area contributed by atoms with E-state index in [1.807, 2.05) is 0 Å². The third-order valence-electron chi connectivity index (χ3n) is 1.63. The van der Waals surface area contributed by atoms with Crippen LogP contribution in [0.1, 0.15) is 6.92 Å². The molecule has 4 heteroatoms. The molecule has 0 aromatic heterocycles. The molecule has 1 saturated heterocycles. The number of likely N-dealkylation sites (tertiary alicyclic amines) is 1. The van der Waals surface area contributed by atoms with E-state index < -0.39 is 12.3 Å². The maximum Gasteiger partial charge on any atom is 0.219 e. The molecule has 2 nitrogen and oxygen atoms in total. The lowest BCUT2D eigenvalue weighted by Crippen LogP contribution is -2.26. The smallest absolute Gasteiger partial charge is 0.219 e. The zero-order valence-electron chi connectivity index (χ0n) is 5.68. The Hall–Kier alpha value is -0.670. The quantitative estimate of drug-likeness (QED) is 0.491. The van der Waals surface area contributed by atoms with Crippen LogP contribution in [0.3, 0.4) is 0 Å². The molecule has 0 radical (unpaired) electrons. The molecule has 0 N–H and O–H groups in total. The lowest BCUT2D eigenvalue weighted by atomic mass is 10.3. The summed E-state index contributed by atoms with van der Waals surface area (Å²) in [5.74, 6) is -0.261. The van der Waals surface area contributed by atoms with Crippen LogP contribution in [0.2, 0.25) is 0 Å². The van der Waals surface area contributed by atoms with E-state index in [-0.39, 0.29) is 19.0 Å². The first-order valence-corrected chi connectivity index (χ1v) is 3.15. The Bertz CT molecular complexity index is 141. The van der Waals surface area contributed by atoms with Gasteiger partial charge in [-0.1, -0.05) is 0 Å². The third kappa shape index (κ3) is 1.25. The number of halogens is 2. The van der Waals surface area contributed by atoms with Gasteiger partial charge in [-0.05, 0) is 0 Å². The standard InChI is InChI=1S/C6H9F2NO/c1-4(10)9-2-5(7)6(8)3-9/h5-6H,2-3H2,1H3/t5-,6-/m0/s1. The van der Waals surface area contributed by atoms with E-state index in [1.165, 1.54) is 11.8 Å². The van der Waals surface area contributed by atoms with Gasteiger partial charge in [0.15, 0.2) is 12.3 Å². The summed E-state index contributed by atoms with van der Waals surface area (Å²) in [6, 6.07) is 0. The largest absolute Gasteiger partial charge is 0.337 e. The first kappa shape index (κ1) is 7.44. The molecule has 0 unspecified atom stereocenters. The Morgan fingerprint density at radius 2 is 1.80 bits per heavy atom. The number of carbonyl (C=O) groups excluding carboxylic acids is 1. The lowest BCUT2D eigenvalue weighted by Gasteiger charge is -2.10.